The number of carbonyl (C=O) groups is 3. The van der Waals surface area contributed by atoms with E-state index >= 15 is 0 Å². The monoisotopic (exact) mass is 428 g/mol. The molecule has 3 amide bonds. The fourth-order valence-corrected chi connectivity index (χ4v) is 3.97. The van der Waals surface area contributed by atoms with Crippen molar-refractivity contribution in [3.05, 3.63) is 64.3 Å². The molecule has 0 spiro atoms. The van der Waals surface area contributed by atoms with Crippen LogP contribution in [0.4, 0.5) is 4.39 Å². The van der Waals surface area contributed by atoms with E-state index in [2.05, 4.69) is 5.32 Å². The van der Waals surface area contributed by atoms with Gasteiger partial charge in [0.05, 0.1) is 17.2 Å². The van der Waals surface area contributed by atoms with Crippen LogP contribution in [-0.4, -0.2) is 47.3 Å². The van der Waals surface area contributed by atoms with Gasteiger partial charge in [-0.05, 0) is 43.5 Å². The van der Waals surface area contributed by atoms with Crippen LogP contribution in [0.2, 0.25) is 0 Å². The van der Waals surface area contributed by atoms with Crippen molar-refractivity contribution in [2.75, 3.05) is 14.1 Å². The number of aromatic nitrogens is 1. The van der Waals surface area contributed by atoms with Gasteiger partial charge in [0.15, 0.2) is 0 Å². The van der Waals surface area contributed by atoms with E-state index in [9.17, 15) is 23.6 Å². The molecule has 3 atom stereocenters. The van der Waals surface area contributed by atoms with Crippen LogP contribution in [0.15, 0.2) is 47.4 Å². The number of nitrogens with two attached hydrogens (primary N) is 1. The highest BCUT2D eigenvalue weighted by Gasteiger charge is 2.38. The highest BCUT2D eigenvalue weighted by atomic mass is 19.1. The quantitative estimate of drug-likeness (QED) is 0.741. The summed E-state index contributed by atoms with van der Waals surface area (Å²) in [4.78, 5) is 50.3. The summed E-state index contributed by atoms with van der Waals surface area (Å²) in [5.74, 6) is -3.25. The van der Waals surface area contributed by atoms with Gasteiger partial charge in [0.2, 0.25) is 11.8 Å². The van der Waals surface area contributed by atoms with Crippen molar-refractivity contribution in [2.24, 2.45) is 17.6 Å². The first-order valence-corrected chi connectivity index (χ1v) is 9.98. The molecular formula is C22H25FN4O4. The summed E-state index contributed by atoms with van der Waals surface area (Å²) in [5, 5.41) is 2.69. The zero-order chi connectivity index (χ0) is 22.7. The van der Waals surface area contributed by atoms with Gasteiger partial charge in [-0.1, -0.05) is 6.07 Å². The Bertz CT molecular complexity index is 1070. The van der Waals surface area contributed by atoms with Gasteiger partial charge in [0.25, 0.3) is 11.5 Å². The normalized spacial score (nSPS) is 20.7. The summed E-state index contributed by atoms with van der Waals surface area (Å²) in [7, 11) is 3.29. The SMILES string of the molecule is CN(C)C(=O)C1CCC(NC(=O)c2ccc(-n3ccccc3=O)cc2F)C(C(N)=O)C1. The van der Waals surface area contributed by atoms with Crippen LogP contribution >= 0.6 is 0 Å². The van der Waals surface area contributed by atoms with Crippen molar-refractivity contribution in [3.63, 3.8) is 0 Å². The Morgan fingerprint density at radius 3 is 2.52 bits per heavy atom. The van der Waals surface area contributed by atoms with Crippen LogP contribution in [0.5, 0.6) is 0 Å². The van der Waals surface area contributed by atoms with Gasteiger partial charge in [-0.15, -0.1) is 0 Å². The smallest absolute Gasteiger partial charge is 0.255 e. The zero-order valence-corrected chi connectivity index (χ0v) is 17.4. The van der Waals surface area contributed by atoms with Gasteiger partial charge < -0.3 is 16.0 Å². The highest BCUT2D eigenvalue weighted by Crippen LogP contribution is 2.31. The van der Waals surface area contributed by atoms with E-state index in [0.29, 0.717) is 12.8 Å². The average Bonchev–Trinajstić information content (AvgIpc) is 2.73. The maximum absolute atomic E-state index is 14.7. The van der Waals surface area contributed by atoms with Crippen LogP contribution in [0.1, 0.15) is 29.6 Å². The summed E-state index contributed by atoms with van der Waals surface area (Å²) >= 11 is 0. The summed E-state index contributed by atoms with van der Waals surface area (Å²) in [6.45, 7) is 0. The molecule has 1 fully saturated rings. The van der Waals surface area contributed by atoms with Gasteiger partial charge >= 0.3 is 0 Å². The van der Waals surface area contributed by atoms with E-state index < -0.39 is 29.6 Å². The van der Waals surface area contributed by atoms with Gasteiger partial charge in [-0.2, -0.15) is 0 Å². The first-order chi connectivity index (χ1) is 14.7. The molecule has 1 aromatic carbocycles. The van der Waals surface area contributed by atoms with Crippen LogP contribution in [0.25, 0.3) is 5.69 Å². The Balaban J connectivity index is 1.76. The molecule has 2 aromatic rings. The molecule has 164 valence electrons. The number of rotatable bonds is 5. The van der Waals surface area contributed by atoms with Gasteiger partial charge in [0.1, 0.15) is 5.82 Å². The standard InChI is InChI=1S/C22H25FN4O4/c1-26(2)22(31)13-6-9-18(16(11-13)20(24)29)25-21(30)15-8-7-14(12-17(15)23)27-10-4-3-5-19(27)28/h3-5,7-8,10,12-13,16,18H,6,9,11H2,1-2H3,(H2,24,29)(H,25,30). The average molecular weight is 428 g/mol. The molecule has 0 aliphatic heterocycles. The third-order valence-electron chi connectivity index (χ3n) is 5.62. The number of nitrogens with one attached hydrogen (secondary N) is 1. The lowest BCUT2D eigenvalue weighted by molar-refractivity contribution is -0.135. The molecule has 9 heteroatoms. The molecule has 3 rings (SSSR count). The number of halogens is 1. The molecule has 3 unspecified atom stereocenters. The first-order valence-electron chi connectivity index (χ1n) is 9.98. The lowest BCUT2D eigenvalue weighted by atomic mass is 9.77. The van der Waals surface area contributed by atoms with Crippen LogP contribution < -0.4 is 16.6 Å². The fourth-order valence-electron chi connectivity index (χ4n) is 3.97. The van der Waals surface area contributed by atoms with Crippen molar-refractivity contribution < 1.29 is 18.8 Å². The third-order valence-corrected chi connectivity index (χ3v) is 5.62. The summed E-state index contributed by atoms with van der Waals surface area (Å²) in [5.41, 5.74) is 5.27. The van der Waals surface area contributed by atoms with Crippen LogP contribution in [-0.2, 0) is 9.59 Å². The van der Waals surface area contributed by atoms with Gasteiger partial charge in [-0.3, -0.25) is 23.7 Å². The Labute approximate surface area is 178 Å². The molecule has 1 saturated carbocycles. The fraction of sp³-hybridized carbons (Fsp3) is 0.364. The molecule has 1 aromatic heterocycles. The minimum absolute atomic E-state index is 0.0891. The van der Waals surface area contributed by atoms with E-state index in [1.54, 1.807) is 26.2 Å². The number of pyridine rings is 1. The van der Waals surface area contributed by atoms with Crippen LogP contribution in [0, 0.1) is 17.7 Å². The number of primary amides is 1. The Morgan fingerprint density at radius 2 is 1.90 bits per heavy atom. The number of carbonyl (C=O) groups excluding carboxylic acids is 3. The van der Waals surface area contributed by atoms with E-state index in [-0.39, 0.29) is 35.1 Å². The second-order valence-corrected chi connectivity index (χ2v) is 7.90. The van der Waals surface area contributed by atoms with Crippen molar-refractivity contribution in [3.8, 4) is 5.69 Å². The van der Waals surface area contributed by atoms with Crippen molar-refractivity contribution >= 4 is 17.7 Å². The third kappa shape index (κ3) is 4.82. The zero-order valence-electron chi connectivity index (χ0n) is 17.4. The Hall–Kier alpha value is -3.49. The minimum Gasteiger partial charge on any atom is -0.369 e. The lowest BCUT2D eigenvalue weighted by Crippen LogP contribution is -2.50. The second-order valence-electron chi connectivity index (χ2n) is 7.90. The predicted octanol–water partition coefficient (Wildman–Crippen LogP) is 1.06. The minimum atomic E-state index is -0.794. The number of hydrogen-bond acceptors (Lipinski definition) is 4. The number of amides is 3. The molecule has 8 nitrogen and oxygen atoms in total. The molecule has 1 aliphatic carbocycles. The maximum atomic E-state index is 14.7. The van der Waals surface area contributed by atoms with Crippen LogP contribution in [0.3, 0.4) is 0 Å². The Kier molecular flexibility index (Phi) is 6.53. The van der Waals surface area contributed by atoms with E-state index in [1.807, 2.05) is 0 Å². The summed E-state index contributed by atoms with van der Waals surface area (Å²) in [6.07, 6.45) is 2.60. The predicted molar refractivity (Wildman–Crippen MR) is 112 cm³/mol. The first kappa shape index (κ1) is 22.2. The summed E-state index contributed by atoms with van der Waals surface area (Å²) in [6, 6.07) is 7.84. The van der Waals surface area contributed by atoms with Crippen molar-refractivity contribution in [1.82, 2.24) is 14.8 Å². The van der Waals surface area contributed by atoms with E-state index in [1.165, 1.54) is 33.9 Å². The van der Waals surface area contributed by atoms with Crippen molar-refractivity contribution in [2.45, 2.75) is 25.3 Å². The molecule has 3 N–H and O–H groups in total. The molecular weight excluding hydrogens is 403 g/mol. The number of hydrogen-bond donors (Lipinski definition) is 2. The molecule has 31 heavy (non-hydrogen) atoms. The number of benzene rings is 1. The largest absolute Gasteiger partial charge is 0.369 e. The van der Waals surface area contributed by atoms with Gasteiger partial charge in [-0.25, -0.2) is 4.39 Å². The van der Waals surface area contributed by atoms with E-state index in [0.717, 1.165) is 6.07 Å². The maximum Gasteiger partial charge on any atom is 0.255 e. The molecule has 0 saturated heterocycles. The van der Waals surface area contributed by atoms with E-state index in [4.69, 9.17) is 5.73 Å². The molecule has 0 bridgehead atoms. The Morgan fingerprint density at radius 1 is 1.16 bits per heavy atom. The lowest BCUT2D eigenvalue weighted by Gasteiger charge is -2.35. The number of nitrogens with zero attached hydrogens (tertiary/aromatic N) is 2. The highest BCUT2D eigenvalue weighted by molar-refractivity contribution is 5.95. The topological polar surface area (TPSA) is 114 Å². The second kappa shape index (κ2) is 9.11. The molecule has 1 heterocycles. The molecule has 1 aliphatic rings. The van der Waals surface area contributed by atoms with Crippen molar-refractivity contribution in [1.29, 1.82) is 0 Å². The van der Waals surface area contributed by atoms with Gasteiger partial charge in [0, 0.05) is 38.3 Å². The molecule has 0 radical (unpaired) electrons. The summed E-state index contributed by atoms with van der Waals surface area (Å²) < 4.78 is 15.9.